The van der Waals surface area contributed by atoms with Gasteiger partial charge in [-0.1, -0.05) is 18.5 Å². The number of carbonyl (C=O) groups is 1. The van der Waals surface area contributed by atoms with Gasteiger partial charge in [-0.2, -0.15) is 16.1 Å². The van der Waals surface area contributed by atoms with Crippen LogP contribution in [0.2, 0.25) is 5.02 Å². The predicted octanol–water partition coefficient (Wildman–Crippen LogP) is 2.93. The van der Waals surface area contributed by atoms with Crippen molar-refractivity contribution in [3.63, 3.8) is 0 Å². The molecule has 2 saturated heterocycles. The van der Waals surface area contributed by atoms with E-state index in [4.69, 9.17) is 11.6 Å². The molecule has 1 N–H and O–H groups in total. The summed E-state index contributed by atoms with van der Waals surface area (Å²) in [4.78, 5) is 15.2. The van der Waals surface area contributed by atoms with Gasteiger partial charge < -0.3 is 10.2 Å². The Morgan fingerprint density at radius 1 is 1.28 bits per heavy atom. The molecule has 1 atom stereocenters. The summed E-state index contributed by atoms with van der Waals surface area (Å²) in [5.74, 6) is 1.99. The molecule has 9 heteroatoms. The Morgan fingerprint density at radius 3 is 2.76 bits per heavy atom. The van der Waals surface area contributed by atoms with Gasteiger partial charge in [-0.3, -0.25) is 4.79 Å². The molecular weight excluding hydrogens is 430 g/mol. The normalized spacial score (nSPS) is 21.8. The lowest BCUT2D eigenvalue weighted by molar-refractivity contribution is 0.0950. The van der Waals surface area contributed by atoms with Crippen molar-refractivity contribution in [1.82, 2.24) is 14.5 Å². The Hall–Kier alpha value is -0.800. The van der Waals surface area contributed by atoms with E-state index in [-0.39, 0.29) is 21.4 Å². The lowest BCUT2D eigenvalue weighted by atomic mass is 10.0. The van der Waals surface area contributed by atoms with Gasteiger partial charge in [0.15, 0.2) is 0 Å². The highest BCUT2D eigenvalue weighted by molar-refractivity contribution is 7.99. The van der Waals surface area contributed by atoms with E-state index < -0.39 is 10.0 Å². The summed E-state index contributed by atoms with van der Waals surface area (Å²) in [6.07, 6.45) is 3.39. The van der Waals surface area contributed by atoms with E-state index >= 15 is 0 Å². The van der Waals surface area contributed by atoms with Gasteiger partial charge in [0.2, 0.25) is 10.0 Å². The molecule has 162 valence electrons. The van der Waals surface area contributed by atoms with Gasteiger partial charge >= 0.3 is 0 Å². The number of nitrogens with zero attached hydrogens (tertiary/aromatic N) is 2. The summed E-state index contributed by atoms with van der Waals surface area (Å²) >= 11 is 7.94. The van der Waals surface area contributed by atoms with Crippen LogP contribution in [0.1, 0.15) is 36.5 Å². The molecule has 6 nitrogen and oxygen atoms in total. The van der Waals surface area contributed by atoms with E-state index in [2.05, 4.69) is 17.1 Å². The SMILES string of the molecule is C[C@@H]1CCCN(CCCNC(=O)c2cc(S(=O)(=O)N3CCSCC3)ccc2Cl)C1. The number of hydrogen-bond acceptors (Lipinski definition) is 5. The van der Waals surface area contributed by atoms with Crippen LogP contribution in [-0.2, 0) is 10.0 Å². The van der Waals surface area contributed by atoms with E-state index in [0.29, 0.717) is 19.6 Å². The third-order valence-electron chi connectivity index (χ3n) is 5.47. The van der Waals surface area contributed by atoms with Crippen LogP contribution in [0.25, 0.3) is 0 Å². The smallest absolute Gasteiger partial charge is 0.252 e. The minimum atomic E-state index is -3.61. The fourth-order valence-electron chi connectivity index (χ4n) is 3.86. The fraction of sp³-hybridized carbons (Fsp3) is 0.650. The molecule has 0 radical (unpaired) electrons. The number of halogens is 1. The first-order chi connectivity index (χ1) is 13.9. The molecule has 29 heavy (non-hydrogen) atoms. The number of amides is 1. The number of rotatable bonds is 7. The van der Waals surface area contributed by atoms with Crippen molar-refractivity contribution in [2.75, 3.05) is 50.8 Å². The maximum atomic E-state index is 12.9. The summed E-state index contributed by atoms with van der Waals surface area (Å²) in [6, 6.07) is 4.38. The Bertz CT molecular complexity index is 813. The zero-order chi connectivity index (χ0) is 20.9. The Morgan fingerprint density at radius 2 is 2.03 bits per heavy atom. The minimum absolute atomic E-state index is 0.126. The van der Waals surface area contributed by atoms with Gasteiger partial charge in [-0.25, -0.2) is 8.42 Å². The van der Waals surface area contributed by atoms with E-state index in [0.717, 1.165) is 43.5 Å². The summed E-state index contributed by atoms with van der Waals surface area (Å²) in [5, 5.41) is 3.15. The molecule has 0 aromatic heterocycles. The topological polar surface area (TPSA) is 69.7 Å². The third kappa shape index (κ3) is 6.10. The molecule has 0 saturated carbocycles. The monoisotopic (exact) mass is 459 g/mol. The Labute approximate surface area is 183 Å². The molecule has 0 spiro atoms. The number of likely N-dealkylation sites (tertiary alicyclic amines) is 1. The number of nitrogens with one attached hydrogen (secondary N) is 1. The van der Waals surface area contributed by atoms with Crippen molar-refractivity contribution in [2.45, 2.75) is 31.1 Å². The number of piperidine rings is 1. The van der Waals surface area contributed by atoms with Gasteiger partial charge in [0.05, 0.1) is 15.5 Å². The first-order valence-corrected chi connectivity index (χ1v) is 13.2. The molecule has 0 unspecified atom stereocenters. The third-order valence-corrected chi connectivity index (χ3v) is 8.63. The number of hydrogen-bond donors (Lipinski definition) is 1. The van der Waals surface area contributed by atoms with Crippen LogP contribution in [0.5, 0.6) is 0 Å². The highest BCUT2D eigenvalue weighted by atomic mass is 35.5. The molecule has 2 aliphatic heterocycles. The Kier molecular flexibility index (Phi) is 8.27. The predicted molar refractivity (Wildman–Crippen MR) is 119 cm³/mol. The molecule has 1 amide bonds. The summed E-state index contributed by atoms with van der Waals surface area (Å²) in [5.41, 5.74) is 0.214. The molecule has 0 bridgehead atoms. The van der Waals surface area contributed by atoms with E-state index in [9.17, 15) is 13.2 Å². The number of sulfonamides is 1. The molecule has 1 aromatic rings. The van der Waals surface area contributed by atoms with Gasteiger partial charge in [-0.15, -0.1) is 0 Å². The van der Waals surface area contributed by atoms with Gasteiger partial charge in [-0.05, 0) is 56.5 Å². The van der Waals surface area contributed by atoms with Crippen LogP contribution in [-0.4, -0.2) is 74.3 Å². The van der Waals surface area contributed by atoms with Crippen molar-refractivity contribution in [2.24, 2.45) is 5.92 Å². The van der Waals surface area contributed by atoms with Crippen molar-refractivity contribution in [3.8, 4) is 0 Å². The fourth-order valence-corrected chi connectivity index (χ4v) is 6.67. The van der Waals surface area contributed by atoms with E-state index in [1.54, 1.807) is 11.8 Å². The van der Waals surface area contributed by atoms with Crippen molar-refractivity contribution >= 4 is 39.3 Å². The second-order valence-electron chi connectivity index (χ2n) is 7.82. The highest BCUT2D eigenvalue weighted by Gasteiger charge is 2.27. The standard InChI is InChI=1S/C20H30ClN3O3S2/c1-16-4-2-8-23(15-16)9-3-7-22-20(25)18-14-17(5-6-19(18)21)29(26,27)24-10-12-28-13-11-24/h5-6,14,16H,2-4,7-13,15H2,1H3,(H,22,25)/t16-/m1/s1. The van der Waals surface area contributed by atoms with Crippen LogP contribution < -0.4 is 5.32 Å². The average molecular weight is 460 g/mol. The minimum Gasteiger partial charge on any atom is -0.352 e. The molecule has 3 rings (SSSR count). The van der Waals surface area contributed by atoms with Crippen LogP contribution in [0, 0.1) is 5.92 Å². The zero-order valence-electron chi connectivity index (χ0n) is 16.9. The molecular formula is C20H30ClN3O3S2. The van der Waals surface area contributed by atoms with Crippen molar-refractivity contribution in [3.05, 3.63) is 28.8 Å². The van der Waals surface area contributed by atoms with Crippen LogP contribution >= 0.6 is 23.4 Å². The zero-order valence-corrected chi connectivity index (χ0v) is 19.3. The first kappa shape index (κ1) is 22.9. The maximum absolute atomic E-state index is 12.9. The number of benzene rings is 1. The summed E-state index contributed by atoms with van der Waals surface area (Å²) < 4.78 is 27.2. The van der Waals surface area contributed by atoms with Crippen LogP contribution in [0.3, 0.4) is 0 Å². The molecule has 2 heterocycles. The summed E-state index contributed by atoms with van der Waals surface area (Å²) in [6.45, 7) is 7.01. The highest BCUT2D eigenvalue weighted by Crippen LogP contribution is 2.25. The lowest BCUT2D eigenvalue weighted by Crippen LogP contribution is -2.38. The van der Waals surface area contributed by atoms with Gasteiger partial charge in [0.25, 0.3) is 5.91 Å². The lowest BCUT2D eigenvalue weighted by Gasteiger charge is -2.30. The maximum Gasteiger partial charge on any atom is 0.252 e. The van der Waals surface area contributed by atoms with Crippen LogP contribution in [0.15, 0.2) is 23.1 Å². The second-order valence-corrected chi connectivity index (χ2v) is 11.4. The van der Waals surface area contributed by atoms with Gasteiger partial charge in [0.1, 0.15) is 0 Å². The quantitative estimate of drug-likeness (QED) is 0.635. The molecule has 0 aliphatic carbocycles. The summed E-state index contributed by atoms with van der Waals surface area (Å²) in [7, 11) is -3.61. The first-order valence-electron chi connectivity index (χ1n) is 10.3. The molecule has 1 aromatic carbocycles. The number of carbonyl (C=O) groups excluding carboxylic acids is 1. The van der Waals surface area contributed by atoms with E-state index in [1.807, 2.05) is 0 Å². The Balaban J connectivity index is 1.58. The molecule has 2 aliphatic rings. The van der Waals surface area contributed by atoms with Crippen LogP contribution in [0.4, 0.5) is 0 Å². The van der Waals surface area contributed by atoms with Crippen molar-refractivity contribution in [1.29, 1.82) is 0 Å². The van der Waals surface area contributed by atoms with Crippen molar-refractivity contribution < 1.29 is 13.2 Å². The van der Waals surface area contributed by atoms with E-state index in [1.165, 1.54) is 35.3 Å². The van der Waals surface area contributed by atoms with Gasteiger partial charge in [0, 0.05) is 37.7 Å². The molecule has 2 fully saturated rings. The number of thioether (sulfide) groups is 1. The largest absolute Gasteiger partial charge is 0.352 e. The second kappa shape index (κ2) is 10.5. The average Bonchev–Trinajstić information content (AvgIpc) is 2.72.